The largest absolute Gasteiger partial charge is 0.368 e. The van der Waals surface area contributed by atoms with Gasteiger partial charge < -0.3 is 10.2 Å². The van der Waals surface area contributed by atoms with E-state index in [2.05, 4.69) is 84.7 Å². The van der Waals surface area contributed by atoms with E-state index in [4.69, 9.17) is 0 Å². The molecule has 2 aromatic carbocycles. The van der Waals surface area contributed by atoms with Gasteiger partial charge >= 0.3 is 0 Å². The van der Waals surface area contributed by atoms with Crippen molar-refractivity contribution < 1.29 is 0 Å². The van der Waals surface area contributed by atoms with Crippen molar-refractivity contribution in [3.05, 3.63) is 60.7 Å². The topological polar surface area (TPSA) is 15.3 Å². The van der Waals surface area contributed by atoms with Crippen LogP contribution in [-0.4, -0.2) is 31.4 Å². The molecule has 2 rings (SSSR count). The summed E-state index contributed by atoms with van der Waals surface area (Å²) in [6, 6.07) is 21.8. The van der Waals surface area contributed by atoms with Gasteiger partial charge in [0.25, 0.3) is 0 Å². The molecule has 0 atom stereocenters. The van der Waals surface area contributed by atoms with E-state index in [0.29, 0.717) is 6.04 Å². The molecule has 0 aliphatic heterocycles. The van der Waals surface area contributed by atoms with Gasteiger partial charge in [0.1, 0.15) is 0 Å². The minimum absolute atomic E-state index is 0.521. The van der Waals surface area contributed by atoms with E-state index in [1.54, 1.807) is 0 Å². The molecule has 124 valence electrons. The second-order valence-corrected chi connectivity index (χ2v) is 7.06. The Labute approximate surface area is 145 Å². The van der Waals surface area contributed by atoms with Crippen LogP contribution < -0.4 is 10.2 Å². The lowest BCUT2D eigenvalue weighted by Gasteiger charge is -2.29. The number of benzene rings is 2. The summed E-state index contributed by atoms with van der Waals surface area (Å²) >= 11 is 1.94. The molecule has 0 fully saturated rings. The van der Waals surface area contributed by atoms with E-state index < -0.39 is 0 Å². The summed E-state index contributed by atoms with van der Waals surface area (Å²) in [4.78, 5) is 3.81. The number of thioether (sulfide) groups is 1. The number of hydrogen-bond donors (Lipinski definition) is 1. The van der Waals surface area contributed by atoms with Crippen LogP contribution in [0.1, 0.15) is 20.3 Å². The highest BCUT2D eigenvalue weighted by atomic mass is 32.2. The second-order valence-electron chi connectivity index (χ2n) is 5.89. The van der Waals surface area contributed by atoms with Crippen LogP contribution in [0.4, 0.5) is 5.69 Å². The lowest BCUT2D eigenvalue weighted by atomic mass is 10.2. The van der Waals surface area contributed by atoms with Crippen molar-refractivity contribution in [2.75, 3.05) is 30.3 Å². The summed E-state index contributed by atoms with van der Waals surface area (Å²) < 4.78 is 0. The third kappa shape index (κ3) is 6.67. The number of hydrogen-bond acceptors (Lipinski definition) is 3. The second kappa shape index (κ2) is 10.3. The maximum Gasteiger partial charge on any atom is 0.0368 e. The lowest BCUT2D eigenvalue weighted by Crippen LogP contribution is -2.37. The van der Waals surface area contributed by atoms with Crippen molar-refractivity contribution in [2.24, 2.45) is 0 Å². The minimum atomic E-state index is 0.521. The van der Waals surface area contributed by atoms with Gasteiger partial charge in [0.05, 0.1) is 0 Å². The Bertz CT molecular complexity index is 528. The molecule has 0 aromatic heterocycles. The van der Waals surface area contributed by atoms with Crippen LogP contribution in [0.5, 0.6) is 0 Å². The lowest BCUT2D eigenvalue weighted by molar-refractivity contribution is 0.617. The van der Waals surface area contributed by atoms with Crippen LogP contribution in [0.2, 0.25) is 0 Å². The summed E-state index contributed by atoms with van der Waals surface area (Å²) in [6.45, 7) is 7.67. The molecule has 0 amide bonds. The van der Waals surface area contributed by atoms with Gasteiger partial charge in [0.15, 0.2) is 0 Å². The van der Waals surface area contributed by atoms with Crippen LogP contribution in [0.3, 0.4) is 0 Å². The van der Waals surface area contributed by atoms with Gasteiger partial charge in [-0.25, -0.2) is 0 Å². The monoisotopic (exact) mass is 328 g/mol. The number of nitrogens with one attached hydrogen (secondary N) is 1. The Hall–Kier alpha value is -1.45. The number of rotatable bonds is 10. The first kappa shape index (κ1) is 17.9. The number of para-hydroxylation sites is 1. The van der Waals surface area contributed by atoms with E-state index in [-0.39, 0.29) is 0 Å². The van der Waals surface area contributed by atoms with E-state index in [9.17, 15) is 0 Å². The van der Waals surface area contributed by atoms with Gasteiger partial charge in [-0.3, -0.25) is 0 Å². The summed E-state index contributed by atoms with van der Waals surface area (Å²) in [5, 5.41) is 3.57. The Balaban J connectivity index is 1.60. The highest BCUT2D eigenvalue weighted by Crippen LogP contribution is 2.17. The highest BCUT2D eigenvalue weighted by Gasteiger charge is 2.09. The van der Waals surface area contributed by atoms with Crippen molar-refractivity contribution in [3.63, 3.8) is 0 Å². The molecule has 1 N–H and O–H groups in total. The molecule has 23 heavy (non-hydrogen) atoms. The SMILES string of the molecule is CC(C)N(CCNCCCSc1ccccc1)c1ccccc1. The van der Waals surface area contributed by atoms with Crippen molar-refractivity contribution in [1.82, 2.24) is 5.32 Å². The van der Waals surface area contributed by atoms with Gasteiger partial charge in [-0.05, 0) is 56.8 Å². The van der Waals surface area contributed by atoms with Crippen LogP contribution in [0.25, 0.3) is 0 Å². The Kier molecular flexibility index (Phi) is 8.05. The molecule has 0 saturated carbocycles. The fourth-order valence-electron chi connectivity index (χ4n) is 2.53. The normalized spacial score (nSPS) is 10.9. The van der Waals surface area contributed by atoms with Crippen molar-refractivity contribution >= 4 is 17.4 Å². The predicted molar refractivity (Wildman–Crippen MR) is 104 cm³/mol. The van der Waals surface area contributed by atoms with Crippen molar-refractivity contribution in [2.45, 2.75) is 31.2 Å². The van der Waals surface area contributed by atoms with Crippen LogP contribution >= 0.6 is 11.8 Å². The molecule has 2 aromatic rings. The summed E-state index contributed by atoms with van der Waals surface area (Å²) in [6.07, 6.45) is 1.20. The Morgan fingerprint density at radius 1 is 0.913 bits per heavy atom. The maximum atomic E-state index is 3.57. The van der Waals surface area contributed by atoms with E-state index in [1.807, 2.05) is 11.8 Å². The van der Waals surface area contributed by atoms with Gasteiger partial charge in [0.2, 0.25) is 0 Å². The highest BCUT2D eigenvalue weighted by molar-refractivity contribution is 7.99. The predicted octanol–water partition coefficient (Wildman–Crippen LogP) is 4.67. The maximum absolute atomic E-state index is 3.57. The first-order valence-corrected chi connectivity index (χ1v) is 9.46. The van der Waals surface area contributed by atoms with Gasteiger partial charge in [-0.2, -0.15) is 0 Å². The van der Waals surface area contributed by atoms with Crippen LogP contribution in [0, 0.1) is 0 Å². The zero-order valence-corrected chi connectivity index (χ0v) is 15.1. The zero-order chi connectivity index (χ0) is 16.3. The molecule has 0 unspecified atom stereocenters. The molecule has 3 heteroatoms. The quantitative estimate of drug-likeness (QED) is 0.504. The fraction of sp³-hybridized carbons (Fsp3) is 0.400. The summed E-state index contributed by atoms with van der Waals surface area (Å²) in [5.41, 5.74) is 1.31. The first-order valence-electron chi connectivity index (χ1n) is 8.47. The molecular weight excluding hydrogens is 300 g/mol. The van der Waals surface area contributed by atoms with E-state index >= 15 is 0 Å². The van der Waals surface area contributed by atoms with Crippen LogP contribution in [0.15, 0.2) is 65.6 Å². The first-order chi connectivity index (χ1) is 11.3. The molecule has 0 spiro atoms. The van der Waals surface area contributed by atoms with Crippen molar-refractivity contribution in [1.29, 1.82) is 0 Å². The number of nitrogens with zero attached hydrogens (tertiary/aromatic N) is 1. The summed E-state index contributed by atoms with van der Waals surface area (Å²) in [5.74, 6) is 1.17. The van der Waals surface area contributed by atoms with Gasteiger partial charge in [-0.1, -0.05) is 36.4 Å². The molecule has 0 saturated heterocycles. The minimum Gasteiger partial charge on any atom is -0.368 e. The molecule has 0 heterocycles. The van der Waals surface area contributed by atoms with E-state index in [1.165, 1.54) is 22.8 Å². The standard InChI is InChI=1S/C20H28N2S/c1-18(2)22(19-10-5-3-6-11-19)16-15-21-14-9-17-23-20-12-7-4-8-13-20/h3-8,10-13,18,21H,9,14-17H2,1-2H3. The average Bonchev–Trinajstić information content (AvgIpc) is 2.58. The average molecular weight is 329 g/mol. The Morgan fingerprint density at radius 3 is 2.22 bits per heavy atom. The van der Waals surface area contributed by atoms with E-state index in [0.717, 1.165) is 19.6 Å². The van der Waals surface area contributed by atoms with Crippen LogP contribution in [-0.2, 0) is 0 Å². The molecule has 0 radical (unpaired) electrons. The molecule has 0 aliphatic carbocycles. The Morgan fingerprint density at radius 2 is 1.57 bits per heavy atom. The molecule has 2 nitrogen and oxygen atoms in total. The smallest absolute Gasteiger partial charge is 0.0368 e. The molecule has 0 bridgehead atoms. The molecule has 0 aliphatic rings. The van der Waals surface area contributed by atoms with Crippen molar-refractivity contribution in [3.8, 4) is 0 Å². The zero-order valence-electron chi connectivity index (χ0n) is 14.2. The molecular formula is C20H28N2S. The number of anilines is 1. The summed E-state index contributed by atoms with van der Waals surface area (Å²) in [7, 11) is 0. The third-order valence-electron chi connectivity index (χ3n) is 3.75. The van der Waals surface area contributed by atoms with Gasteiger partial charge in [-0.15, -0.1) is 11.8 Å². The van der Waals surface area contributed by atoms with Gasteiger partial charge in [0, 0.05) is 29.7 Å². The fourth-order valence-corrected chi connectivity index (χ4v) is 3.41. The third-order valence-corrected chi connectivity index (χ3v) is 4.85.